The van der Waals surface area contributed by atoms with Gasteiger partial charge in [0.1, 0.15) is 31.3 Å². The summed E-state index contributed by atoms with van der Waals surface area (Å²) in [6, 6.07) is 16.5. The van der Waals surface area contributed by atoms with E-state index in [1.54, 1.807) is 86.5 Å². The lowest BCUT2D eigenvalue weighted by atomic mass is 9.81. The number of unbranched alkanes of at least 4 members (excludes halogenated alkanes) is 2. The van der Waals surface area contributed by atoms with Gasteiger partial charge in [0, 0.05) is 80.8 Å². The second-order valence-corrected chi connectivity index (χ2v) is 22.0. The van der Waals surface area contributed by atoms with Crippen molar-refractivity contribution in [3.8, 4) is 11.4 Å². The van der Waals surface area contributed by atoms with Gasteiger partial charge in [0.15, 0.2) is 5.60 Å². The molecule has 0 bridgehead atoms. The molecule has 0 spiro atoms. The molecule has 2 aromatic heterocycles. The third kappa shape index (κ3) is 13.8. The number of aliphatic hydroxyl groups excluding tert-OH is 1. The van der Waals surface area contributed by atoms with Crippen LogP contribution in [-0.2, 0) is 86.0 Å². The lowest BCUT2D eigenvalue weighted by Gasteiger charge is -2.35. The number of nitrogens with zero attached hydrogens (tertiary/aromatic N) is 5. The average molecular weight is 1200 g/mol. The lowest BCUT2D eigenvalue weighted by Crippen LogP contribution is -2.52. The third-order valence-electron chi connectivity index (χ3n) is 16.3. The minimum atomic E-state index is -2.05. The highest BCUT2D eigenvalue weighted by molar-refractivity contribution is 5.97. The molecule has 9 rings (SSSR count). The molecule has 87 heavy (non-hydrogen) atoms. The number of aromatic nitrogens is 2. The van der Waals surface area contributed by atoms with Gasteiger partial charge in [-0.05, 0) is 91.1 Å². The van der Waals surface area contributed by atoms with Crippen LogP contribution in [0.4, 0.5) is 14.9 Å². The molecule has 1 unspecified atom stereocenters. The molecule has 1 aliphatic carbocycles. The standard InChI is InChI=1S/C62H69FN10O14/c1-5-62(85)42-27-47-57-40(32-73(47)59(82)41(42)34-86-60(62)83)56-46(20-19-39-35(2)43(63)28-44(69-57)55(39)56)71(4)52(78)23-25-70(3)61(84)87-33-37-15-17-38(18-16-37)67-50(76)31-66-58(81)45(26-36-12-8-6-9-13-36)68-51(77)30-65-49(75)29-64-48(74)14-10-7-11-24-72-53(79)21-22-54(72)80/h6,8-9,12-13,15-18,21-22,27-28,45-46,53,79,85H,5,7,10-11,14,19-20,23-26,29-34H2,1-4H3,(H,64,74)(H,65,75)(H,66,81)(H,67,76)(H,68,77)/t45-,46-,53?,62-/m0/s1. The molecule has 8 amide bonds. The Morgan fingerprint density at radius 1 is 0.862 bits per heavy atom. The monoisotopic (exact) mass is 1200 g/mol. The summed E-state index contributed by atoms with van der Waals surface area (Å²) >= 11 is 0. The van der Waals surface area contributed by atoms with Gasteiger partial charge in [-0.25, -0.2) is 19.0 Å². The summed E-state index contributed by atoms with van der Waals surface area (Å²) in [7, 11) is 3.16. The van der Waals surface area contributed by atoms with Crippen molar-refractivity contribution in [3.05, 3.63) is 140 Å². The molecular weight excluding hydrogens is 1130 g/mol. The minimum absolute atomic E-state index is 0.00402. The van der Waals surface area contributed by atoms with Gasteiger partial charge in [-0.3, -0.25) is 38.4 Å². The van der Waals surface area contributed by atoms with E-state index in [1.807, 2.05) is 0 Å². The fourth-order valence-corrected chi connectivity index (χ4v) is 11.4. The van der Waals surface area contributed by atoms with Gasteiger partial charge in [-0.1, -0.05) is 55.8 Å². The predicted octanol–water partition coefficient (Wildman–Crippen LogP) is 2.92. The van der Waals surface area contributed by atoms with E-state index in [0.717, 1.165) is 11.1 Å². The number of carbonyl (C=O) groups is 9. The van der Waals surface area contributed by atoms with E-state index in [0.29, 0.717) is 88.9 Å². The lowest BCUT2D eigenvalue weighted by molar-refractivity contribution is -0.172. The summed E-state index contributed by atoms with van der Waals surface area (Å²) in [5.74, 6) is -4.83. The molecule has 3 aromatic carbocycles. The fraction of sp³-hybridized carbons (Fsp3) is 0.403. The first-order valence-electron chi connectivity index (χ1n) is 28.8. The highest BCUT2D eigenvalue weighted by atomic mass is 19.1. The molecule has 5 heterocycles. The van der Waals surface area contributed by atoms with E-state index in [2.05, 4.69) is 26.6 Å². The normalized spacial score (nSPS) is 17.3. The summed E-state index contributed by atoms with van der Waals surface area (Å²) < 4.78 is 27.8. The number of ether oxygens (including phenoxy) is 2. The quantitative estimate of drug-likeness (QED) is 0.0339. The van der Waals surface area contributed by atoms with Crippen LogP contribution in [0.15, 0.2) is 83.7 Å². The average Bonchev–Trinajstić information content (AvgIpc) is 1.66. The molecule has 458 valence electrons. The van der Waals surface area contributed by atoms with Gasteiger partial charge in [0.2, 0.25) is 41.4 Å². The maximum Gasteiger partial charge on any atom is 0.409 e. The van der Waals surface area contributed by atoms with Gasteiger partial charge in [0.25, 0.3) is 5.56 Å². The van der Waals surface area contributed by atoms with Gasteiger partial charge in [0.05, 0.1) is 54.7 Å². The summed E-state index contributed by atoms with van der Waals surface area (Å²) in [6.45, 7) is 1.94. The first-order chi connectivity index (χ1) is 41.6. The molecular formula is C62H69FN10O14. The Balaban J connectivity index is 0.722. The molecule has 3 aliphatic heterocycles. The number of carbonyl (C=O) groups excluding carboxylic acids is 9. The zero-order chi connectivity index (χ0) is 62.3. The van der Waals surface area contributed by atoms with Crippen molar-refractivity contribution in [2.45, 2.75) is 115 Å². The van der Waals surface area contributed by atoms with E-state index >= 15 is 4.39 Å². The third-order valence-corrected chi connectivity index (χ3v) is 16.3. The highest BCUT2D eigenvalue weighted by Gasteiger charge is 2.46. The van der Waals surface area contributed by atoms with Crippen LogP contribution < -0.4 is 32.1 Å². The van der Waals surface area contributed by atoms with Gasteiger partial charge in [-0.15, -0.1) is 0 Å². The zero-order valence-electron chi connectivity index (χ0n) is 48.7. The number of pyridine rings is 2. The number of hydrogen-bond donors (Lipinski definition) is 7. The van der Waals surface area contributed by atoms with E-state index < -0.39 is 84.1 Å². The number of cyclic esters (lactones) is 1. The molecule has 0 saturated heterocycles. The first-order valence-corrected chi connectivity index (χ1v) is 28.8. The Hall–Kier alpha value is -9.36. The Kier molecular flexibility index (Phi) is 19.2. The molecule has 5 aromatic rings. The Morgan fingerprint density at radius 3 is 2.31 bits per heavy atom. The van der Waals surface area contributed by atoms with E-state index in [1.165, 1.54) is 39.6 Å². The number of fused-ring (bicyclic) bond motifs is 5. The topological polar surface area (TPSA) is 317 Å². The zero-order valence-corrected chi connectivity index (χ0v) is 48.7. The fourth-order valence-electron chi connectivity index (χ4n) is 11.4. The number of aliphatic hydroxyl groups is 2. The maximum absolute atomic E-state index is 15.5. The van der Waals surface area contributed by atoms with Crippen LogP contribution in [0.5, 0.6) is 0 Å². The second-order valence-electron chi connectivity index (χ2n) is 22.0. The smallest absolute Gasteiger partial charge is 0.409 e. The number of halogens is 1. The second kappa shape index (κ2) is 26.9. The van der Waals surface area contributed by atoms with Crippen LogP contribution in [0.25, 0.3) is 22.3 Å². The Bertz CT molecular complexity index is 3650. The van der Waals surface area contributed by atoms with E-state index in [-0.39, 0.29) is 87.4 Å². The SMILES string of the molecule is CC[C@@]1(O)C(=O)OCc2c1cc1n(c2=O)Cc2c-1nc1cc(F)c(C)c3c1c2[C@@H](N(C)C(=O)CCN(C)C(=O)OCc1ccc(NC(=O)CNC(=O)[C@H](Cc2ccccc2)NC(=O)CNC(=O)CNC(=O)CCCCCN2C(=O)C=CC2O)cc1)CC3. The van der Waals surface area contributed by atoms with Crippen LogP contribution in [0.3, 0.4) is 0 Å². The van der Waals surface area contributed by atoms with E-state index in [4.69, 9.17) is 14.5 Å². The molecule has 4 atom stereocenters. The number of nitrogens with one attached hydrogen (secondary N) is 5. The number of anilines is 1. The minimum Gasteiger partial charge on any atom is -0.458 e. The number of benzene rings is 3. The molecule has 24 nitrogen and oxygen atoms in total. The van der Waals surface area contributed by atoms with Gasteiger partial charge < -0.3 is 65.5 Å². The Labute approximate surface area is 499 Å². The number of hydrogen-bond acceptors (Lipinski definition) is 15. The van der Waals surface area contributed by atoms with E-state index in [9.17, 15) is 58.2 Å². The molecule has 4 aliphatic rings. The van der Waals surface area contributed by atoms with Crippen LogP contribution in [0.2, 0.25) is 0 Å². The first kappa shape index (κ1) is 62.2. The summed E-state index contributed by atoms with van der Waals surface area (Å²) in [5.41, 5.74) is 3.16. The number of rotatable bonds is 24. The summed E-state index contributed by atoms with van der Waals surface area (Å²) in [5, 5.41) is 34.6. The summed E-state index contributed by atoms with van der Waals surface area (Å²) in [6.07, 6.45) is 3.70. The van der Waals surface area contributed by atoms with Crippen molar-refractivity contribution in [2.24, 2.45) is 0 Å². The van der Waals surface area contributed by atoms with Crippen molar-refractivity contribution in [3.63, 3.8) is 0 Å². The van der Waals surface area contributed by atoms with Gasteiger partial charge in [-0.2, -0.15) is 0 Å². The van der Waals surface area contributed by atoms with Crippen LogP contribution in [-0.4, -0.2) is 147 Å². The largest absolute Gasteiger partial charge is 0.458 e. The Morgan fingerprint density at radius 2 is 1.59 bits per heavy atom. The maximum atomic E-state index is 15.5. The van der Waals surface area contributed by atoms with Crippen LogP contribution in [0, 0.1) is 12.7 Å². The van der Waals surface area contributed by atoms with Crippen LogP contribution >= 0.6 is 0 Å². The molecule has 0 radical (unpaired) electrons. The number of aryl methyl sites for hydroxylation is 1. The van der Waals surface area contributed by atoms with Crippen molar-refractivity contribution in [2.75, 3.05) is 52.1 Å². The van der Waals surface area contributed by atoms with Crippen molar-refractivity contribution in [1.29, 1.82) is 0 Å². The number of amides is 8. The molecule has 0 saturated carbocycles. The summed E-state index contributed by atoms with van der Waals surface area (Å²) in [4.78, 5) is 139. The number of esters is 1. The van der Waals surface area contributed by atoms with Crippen molar-refractivity contribution >= 4 is 70.0 Å². The highest BCUT2D eigenvalue weighted by Crippen LogP contribution is 2.47. The van der Waals surface area contributed by atoms with Gasteiger partial charge >= 0.3 is 12.1 Å². The predicted molar refractivity (Wildman–Crippen MR) is 312 cm³/mol. The molecule has 0 fully saturated rings. The molecule has 25 heteroatoms. The van der Waals surface area contributed by atoms with Crippen molar-refractivity contribution in [1.82, 2.24) is 45.5 Å². The van der Waals surface area contributed by atoms with Crippen LogP contribution in [0.1, 0.15) is 102 Å². The van der Waals surface area contributed by atoms with Crippen molar-refractivity contribution < 1.29 is 67.2 Å². The molecule has 7 N–H and O–H groups in total.